The first-order chi connectivity index (χ1) is 12.6. The summed E-state index contributed by atoms with van der Waals surface area (Å²) in [4.78, 5) is 12.6. The molecule has 2 rings (SSSR count). The van der Waals surface area contributed by atoms with Gasteiger partial charge in [0.15, 0.2) is 0 Å². The fraction of sp³-hybridized carbons (Fsp3) is 0.350. The lowest BCUT2D eigenvalue weighted by Crippen LogP contribution is -2.40. The molecule has 2 aromatic carbocycles. The van der Waals surface area contributed by atoms with E-state index in [1.807, 2.05) is 31.2 Å². The molecule has 27 heavy (non-hydrogen) atoms. The van der Waals surface area contributed by atoms with Crippen LogP contribution < -0.4 is 14.8 Å². The highest BCUT2D eigenvalue weighted by Crippen LogP contribution is 2.27. The maximum atomic E-state index is 12.7. The van der Waals surface area contributed by atoms with Gasteiger partial charge in [0, 0.05) is 16.8 Å². The third-order valence-electron chi connectivity index (χ3n) is 3.80. The van der Waals surface area contributed by atoms with Crippen molar-refractivity contribution < 1.29 is 17.9 Å². The molecule has 2 N–H and O–H groups in total. The van der Waals surface area contributed by atoms with Crippen LogP contribution in [0.15, 0.2) is 47.4 Å². The van der Waals surface area contributed by atoms with Crippen LogP contribution in [0.25, 0.3) is 0 Å². The Bertz CT molecular complexity index is 931. The van der Waals surface area contributed by atoms with Crippen LogP contribution in [-0.4, -0.2) is 27.0 Å². The van der Waals surface area contributed by atoms with Gasteiger partial charge >= 0.3 is 0 Å². The van der Waals surface area contributed by atoms with Crippen molar-refractivity contribution in [2.24, 2.45) is 0 Å². The van der Waals surface area contributed by atoms with Crippen molar-refractivity contribution in [1.82, 2.24) is 4.72 Å². The van der Waals surface area contributed by atoms with Gasteiger partial charge < -0.3 is 10.1 Å². The van der Waals surface area contributed by atoms with Crippen molar-refractivity contribution in [2.45, 2.75) is 44.6 Å². The number of carbonyl (C=O) groups excluding carboxylic acids is 1. The lowest BCUT2D eigenvalue weighted by atomic mass is 10.1. The lowest BCUT2D eigenvalue weighted by molar-refractivity contribution is 0.102. The highest BCUT2D eigenvalue weighted by Gasteiger charge is 2.26. The number of rotatable bonds is 6. The van der Waals surface area contributed by atoms with Gasteiger partial charge in [-0.1, -0.05) is 25.1 Å². The summed E-state index contributed by atoms with van der Waals surface area (Å²) in [5.74, 6) is -0.206. The number of methoxy groups -OCH3 is 1. The topological polar surface area (TPSA) is 84.5 Å². The second kappa shape index (κ2) is 8.10. The highest BCUT2D eigenvalue weighted by atomic mass is 32.2. The maximum Gasteiger partial charge on any atom is 0.255 e. The van der Waals surface area contributed by atoms with Gasteiger partial charge in [0.25, 0.3) is 5.91 Å². The summed E-state index contributed by atoms with van der Waals surface area (Å²) in [7, 11) is -2.47. The van der Waals surface area contributed by atoms with E-state index in [2.05, 4.69) is 10.0 Å². The van der Waals surface area contributed by atoms with E-state index in [1.165, 1.54) is 19.2 Å². The first-order valence-electron chi connectivity index (χ1n) is 8.68. The standard InChI is InChI=1S/C20H26N2O4S/c1-6-14-9-7-8-10-16(14)21-19(23)15-11-12-17(26-5)18(13-15)27(24,25)22-20(2,3)4/h7-13,22H,6H2,1-5H3,(H,21,23). The van der Waals surface area contributed by atoms with Crippen molar-refractivity contribution in [3.63, 3.8) is 0 Å². The molecule has 0 unspecified atom stereocenters. The van der Waals surface area contributed by atoms with Crippen LogP contribution in [0.2, 0.25) is 0 Å². The molecule has 0 spiro atoms. The van der Waals surface area contributed by atoms with E-state index in [0.717, 1.165) is 12.0 Å². The Labute approximate surface area is 161 Å². The molecular weight excluding hydrogens is 364 g/mol. The molecule has 0 fully saturated rings. The van der Waals surface area contributed by atoms with Crippen molar-refractivity contribution in [2.75, 3.05) is 12.4 Å². The van der Waals surface area contributed by atoms with E-state index in [-0.39, 0.29) is 22.1 Å². The summed E-state index contributed by atoms with van der Waals surface area (Å²) in [6, 6.07) is 11.9. The van der Waals surface area contributed by atoms with Crippen molar-refractivity contribution in [3.05, 3.63) is 53.6 Å². The van der Waals surface area contributed by atoms with Crippen LogP contribution in [0.3, 0.4) is 0 Å². The van der Waals surface area contributed by atoms with E-state index in [0.29, 0.717) is 5.69 Å². The van der Waals surface area contributed by atoms with E-state index in [9.17, 15) is 13.2 Å². The normalized spacial score (nSPS) is 11.9. The number of hydrogen-bond acceptors (Lipinski definition) is 4. The van der Waals surface area contributed by atoms with E-state index in [4.69, 9.17) is 4.74 Å². The molecule has 0 radical (unpaired) electrons. The zero-order valence-corrected chi connectivity index (χ0v) is 17.1. The smallest absolute Gasteiger partial charge is 0.255 e. The Morgan fingerprint density at radius 1 is 1.11 bits per heavy atom. The molecular formula is C20H26N2O4S. The largest absolute Gasteiger partial charge is 0.495 e. The minimum atomic E-state index is -3.86. The molecule has 0 bridgehead atoms. The molecule has 2 aromatic rings. The number of ether oxygens (including phenoxy) is 1. The third kappa shape index (κ3) is 5.30. The summed E-state index contributed by atoms with van der Waals surface area (Å²) >= 11 is 0. The molecule has 0 saturated carbocycles. The fourth-order valence-electron chi connectivity index (χ4n) is 2.63. The van der Waals surface area contributed by atoms with E-state index < -0.39 is 15.6 Å². The Morgan fingerprint density at radius 2 is 1.78 bits per heavy atom. The Hall–Kier alpha value is -2.38. The zero-order chi connectivity index (χ0) is 20.2. The van der Waals surface area contributed by atoms with Crippen molar-refractivity contribution in [1.29, 1.82) is 0 Å². The number of amides is 1. The van der Waals surface area contributed by atoms with Gasteiger partial charge in [0.05, 0.1) is 7.11 Å². The summed E-state index contributed by atoms with van der Waals surface area (Å²) < 4.78 is 33.2. The van der Waals surface area contributed by atoms with E-state index >= 15 is 0 Å². The van der Waals surface area contributed by atoms with Gasteiger partial charge in [-0.05, 0) is 57.0 Å². The molecule has 0 aromatic heterocycles. The average molecular weight is 391 g/mol. The summed E-state index contributed by atoms with van der Waals surface area (Å²) in [5.41, 5.74) is 1.28. The number of anilines is 1. The summed E-state index contributed by atoms with van der Waals surface area (Å²) in [6.07, 6.45) is 0.772. The number of benzene rings is 2. The Kier molecular flexibility index (Phi) is 6.28. The van der Waals surface area contributed by atoms with Crippen molar-refractivity contribution >= 4 is 21.6 Å². The number of sulfonamides is 1. The molecule has 0 heterocycles. The Morgan fingerprint density at radius 3 is 2.37 bits per heavy atom. The first kappa shape index (κ1) is 20.9. The van der Waals surface area contributed by atoms with Crippen LogP contribution in [-0.2, 0) is 16.4 Å². The number of hydrogen-bond donors (Lipinski definition) is 2. The first-order valence-corrected chi connectivity index (χ1v) is 10.2. The number of nitrogens with one attached hydrogen (secondary N) is 2. The van der Waals surface area contributed by atoms with Gasteiger partial charge in [-0.3, -0.25) is 4.79 Å². The summed E-state index contributed by atoms with van der Waals surface area (Å²) in [5, 5.41) is 2.85. The van der Waals surface area contributed by atoms with Gasteiger partial charge in [-0.25, -0.2) is 13.1 Å². The minimum Gasteiger partial charge on any atom is -0.495 e. The van der Waals surface area contributed by atoms with E-state index in [1.54, 1.807) is 26.8 Å². The minimum absolute atomic E-state index is 0.0728. The molecule has 0 aliphatic heterocycles. The lowest BCUT2D eigenvalue weighted by Gasteiger charge is -2.21. The van der Waals surface area contributed by atoms with Crippen LogP contribution in [0.5, 0.6) is 5.75 Å². The molecule has 6 nitrogen and oxygen atoms in total. The van der Waals surface area contributed by atoms with Crippen LogP contribution in [0, 0.1) is 0 Å². The van der Waals surface area contributed by atoms with Gasteiger partial charge in [0.1, 0.15) is 10.6 Å². The quantitative estimate of drug-likeness (QED) is 0.789. The molecule has 0 atom stereocenters. The predicted molar refractivity (Wildman–Crippen MR) is 107 cm³/mol. The van der Waals surface area contributed by atoms with Crippen LogP contribution >= 0.6 is 0 Å². The molecule has 0 aliphatic rings. The van der Waals surface area contributed by atoms with Crippen LogP contribution in [0.1, 0.15) is 43.6 Å². The second-order valence-corrected chi connectivity index (χ2v) is 8.84. The zero-order valence-electron chi connectivity index (χ0n) is 16.3. The van der Waals surface area contributed by atoms with Crippen molar-refractivity contribution in [3.8, 4) is 5.75 Å². The maximum absolute atomic E-state index is 12.7. The molecule has 0 aliphatic carbocycles. The SMILES string of the molecule is CCc1ccccc1NC(=O)c1ccc(OC)c(S(=O)(=O)NC(C)(C)C)c1. The fourth-order valence-corrected chi connectivity index (χ4v) is 4.25. The monoisotopic (exact) mass is 390 g/mol. The second-order valence-electron chi connectivity index (χ2n) is 7.19. The van der Waals surface area contributed by atoms with Gasteiger partial charge in [-0.15, -0.1) is 0 Å². The Balaban J connectivity index is 2.40. The predicted octanol–water partition coefficient (Wildman–Crippen LogP) is 3.59. The molecule has 146 valence electrons. The van der Waals surface area contributed by atoms with Gasteiger partial charge in [-0.2, -0.15) is 0 Å². The number of carbonyl (C=O) groups is 1. The molecule has 1 amide bonds. The average Bonchev–Trinajstić information content (AvgIpc) is 2.59. The third-order valence-corrected chi connectivity index (χ3v) is 5.58. The number of aryl methyl sites for hydroxylation is 1. The highest BCUT2D eigenvalue weighted by molar-refractivity contribution is 7.89. The summed E-state index contributed by atoms with van der Waals surface area (Å²) in [6.45, 7) is 7.24. The van der Waals surface area contributed by atoms with Crippen LogP contribution in [0.4, 0.5) is 5.69 Å². The number of para-hydroxylation sites is 1. The van der Waals surface area contributed by atoms with Gasteiger partial charge in [0.2, 0.25) is 10.0 Å². The molecule has 0 saturated heterocycles. The molecule has 7 heteroatoms.